The molecule has 4 rings (SSSR count). The van der Waals surface area contributed by atoms with Crippen LogP contribution in [-0.2, 0) is 22.6 Å². The van der Waals surface area contributed by atoms with E-state index < -0.39 is 6.04 Å². The molecule has 6 nitrogen and oxygen atoms in total. The van der Waals surface area contributed by atoms with E-state index in [-0.39, 0.29) is 5.97 Å². The van der Waals surface area contributed by atoms with E-state index in [1.54, 1.807) is 0 Å². The number of benzene rings is 3. The van der Waals surface area contributed by atoms with Crippen LogP contribution < -0.4 is 0 Å². The van der Waals surface area contributed by atoms with Crippen LogP contribution in [0.25, 0.3) is 11.0 Å². The molecule has 0 amide bonds. The molecule has 0 saturated carbocycles. The highest BCUT2D eigenvalue weighted by atomic mass is 16.5. The fourth-order valence-corrected chi connectivity index (χ4v) is 3.68. The van der Waals surface area contributed by atoms with Crippen molar-refractivity contribution in [3.05, 3.63) is 95.6 Å². The molecule has 30 heavy (non-hydrogen) atoms. The molecule has 152 valence electrons. The van der Waals surface area contributed by atoms with E-state index in [1.807, 2.05) is 61.5 Å². The van der Waals surface area contributed by atoms with Gasteiger partial charge in [0.05, 0.1) is 6.61 Å². The van der Waals surface area contributed by atoms with Gasteiger partial charge in [0.25, 0.3) is 0 Å². The Bertz CT molecular complexity index is 1050. The number of carbonyl (C=O) groups is 1. The summed E-state index contributed by atoms with van der Waals surface area (Å²) in [5.41, 5.74) is 4.43. The van der Waals surface area contributed by atoms with Crippen molar-refractivity contribution >= 4 is 17.0 Å². The number of rotatable bonds is 8. The molecule has 1 unspecified atom stereocenters. The number of H-pyrrole nitrogens is 1. The van der Waals surface area contributed by atoms with Crippen LogP contribution in [0.15, 0.2) is 78.9 Å². The zero-order valence-corrected chi connectivity index (χ0v) is 16.9. The average Bonchev–Trinajstić information content (AvgIpc) is 3.25. The maximum atomic E-state index is 13.2. The highest BCUT2D eigenvalue weighted by Gasteiger charge is 2.31. The van der Waals surface area contributed by atoms with Crippen LogP contribution in [0.5, 0.6) is 0 Å². The third kappa shape index (κ3) is 4.39. The Labute approximate surface area is 175 Å². The normalized spacial score (nSPS) is 12.2. The van der Waals surface area contributed by atoms with Gasteiger partial charge < -0.3 is 4.74 Å². The van der Waals surface area contributed by atoms with E-state index in [4.69, 9.17) is 4.74 Å². The van der Waals surface area contributed by atoms with Gasteiger partial charge in [0, 0.05) is 18.7 Å². The number of aromatic nitrogens is 3. The van der Waals surface area contributed by atoms with Gasteiger partial charge in [-0.05, 0) is 24.1 Å². The Morgan fingerprint density at radius 2 is 1.53 bits per heavy atom. The molecule has 6 heteroatoms. The first kappa shape index (κ1) is 19.8. The third-order valence-electron chi connectivity index (χ3n) is 5.00. The molecule has 1 atom stereocenters. The van der Waals surface area contributed by atoms with Crippen molar-refractivity contribution in [3.8, 4) is 0 Å². The maximum absolute atomic E-state index is 13.2. The first-order valence-corrected chi connectivity index (χ1v) is 10.0. The van der Waals surface area contributed by atoms with Crippen molar-refractivity contribution in [2.75, 3.05) is 6.61 Å². The van der Waals surface area contributed by atoms with Crippen LogP contribution in [0.4, 0.5) is 0 Å². The van der Waals surface area contributed by atoms with Crippen LogP contribution in [0.2, 0.25) is 0 Å². The number of aromatic amines is 1. The molecule has 1 aromatic heterocycles. The summed E-state index contributed by atoms with van der Waals surface area (Å²) in [5.74, 6) is -0.292. The molecule has 0 aliphatic rings. The topological polar surface area (TPSA) is 71.1 Å². The monoisotopic (exact) mass is 400 g/mol. The van der Waals surface area contributed by atoms with Crippen LogP contribution in [0, 0.1) is 0 Å². The highest BCUT2D eigenvalue weighted by molar-refractivity contribution is 5.86. The molecule has 0 saturated heterocycles. The van der Waals surface area contributed by atoms with Gasteiger partial charge in [-0.15, -0.1) is 0 Å². The predicted molar refractivity (Wildman–Crippen MR) is 115 cm³/mol. The fraction of sp³-hybridized carbons (Fsp3) is 0.208. The number of esters is 1. The predicted octanol–water partition coefficient (Wildman–Crippen LogP) is 4.26. The number of para-hydroxylation sites is 1. The van der Waals surface area contributed by atoms with Gasteiger partial charge >= 0.3 is 5.97 Å². The smallest absolute Gasteiger partial charge is 0.328 e. The van der Waals surface area contributed by atoms with Gasteiger partial charge in [-0.3, -0.25) is 4.90 Å². The number of fused-ring (bicyclic) bond motifs is 1. The van der Waals surface area contributed by atoms with Gasteiger partial charge in [-0.25, -0.2) is 4.79 Å². The highest BCUT2D eigenvalue weighted by Crippen LogP contribution is 2.30. The number of carbonyl (C=O) groups excluding carboxylic acids is 1. The number of ether oxygens (including phenoxy) is 1. The van der Waals surface area contributed by atoms with Gasteiger partial charge in [0.1, 0.15) is 17.1 Å². The van der Waals surface area contributed by atoms with Crippen LogP contribution in [-0.4, -0.2) is 32.9 Å². The van der Waals surface area contributed by atoms with E-state index in [0.29, 0.717) is 25.2 Å². The molecule has 0 spiro atoms. The lowest BCUT2D eigenvalue weighted by Gasteiger charge is -2.30. The van der Waals surface area contributed by atoms with Crippen molar-refractivity contribution in [2.45, 2.75) is 26.1 Å². The minimum absolute atomic E-state index is 0.292. The summed E-state index contributed by atoms with van der Waals surface area (Å²) < 4.78 is 5.50. The summed E-state index contributed by atoms with van der Waals surface area (Å²) in [6.07, 6.45) is 0. The summed E-state index contributed by atoms with van der Waals surface area (Å²) >= 11 is 0. The Hall–Kier alpha value is -3.51. The zero-order valence-electron chi connectivity index (χ0n) is 16.9. The lowest BCUT2D eigenvalue weighted by Crippen LogP contribution is -2.35. The molecule has 4 aromatic rings. The molecule has 0 radical (unpaired) electrons. The Balaban J connectivity index is 1.79. The molecule has 0 bridgehead atoms. The standard InChI is InChI=1S/C24H24N4O2/c1-2-30-24(29)23(20-14-9-15-21-22(20)26-27-25-21)28(16-18-10-5-3-6-11-18)17-19-12-7-4-8-13-19/h3-15,23H,2,16-17H2,1H3,(H,25,26,27). The Morgan fingerprint density at radius 3 is 2.13 bits per heavy atom. The summed E-state index contributed by atoms with van der Waals surface area (Å²) in [6.45, 7) is 3.32. The third-order valence-corrected chi connectivity index (χ3v) is 5.00. The molecule has 1 N–H and O–H groups in total. The van der Waals surface area contributed by atoms with Crippen molar-refractivity contribution in [1.82, 2.24) is 20.3 Å². The van der Waals surface area contributed by atoms with Crippen LogP contribution in [0.1, 0.15) is 29.7 Å². The molecule has 1 heterocycles. The van der Waals surface area contributed by atoms with E-state index in [9.17, 15) is 4.79 Å². The lowest BCUT2D eigenvalue weighted by molar-refractivity contribution is -0.150. The zero-order chi connectivity index (χ0) is 20.8. The Morgan fingerprint density at radius 1 is 0.900 bits per heavy atom. The van der Waals surface area contributed by atoms with E-state index in [2.05, 4.69) is 44.6 Å². The SMILES string of the molecule is CCOC(=O)C(c1cccc2n[nH]nc12)N(Cc1ccccc1)Cc1ccccc1. The summed E-state index contributed by atoms with van der Waals surface area (Å²) in [7, 11) is 0. The number of hydrogen-bond acceptors (Lipinski definition) is 5. The fourth-order valence-electron chi connectivity index (χ4n) is 3.68. The molecular formula is C24H24N4O2. The van der Waals surface area contributed by atoms with E-state index >= 15 is 0 Å². The lowest BCUT2D eigenvalue weighted by atomic mass is 10.0. The average molecular weight is 400 g/mol. The van der Waals surface area contributed by atoms with Gasteiger partial charge in [-0.1, -0.05) is 72.8 Å². The maximum Gasteiger partial charge on any atom is 0.328 e. The first-order chi connectivity index (χ1) is 14.8. The largest absolute Gasteiger partial charge is 0.465 e. The summed E-state index contributed by atoms with van der Waals surface area (Å²) in [4.78, 5) is 15.3. The molecule has 3 aromatic carbocycles. The van der Waals surface area contributed by atoms with Crippen molar-refractivity contribution in [2.24, 2.45) is 0 Å². The van der Waals surface area contributed by atoms with Crippen molar-refractivity contribution < 1.29 is 9.53 Å². The first-order valence-electron chi connectivity index (χ1n) is 10.0. The number of hydrogen-bond donors (Lipinski definition) is 1. The minimum Gasteiger partial charge on any atom is -0.465 e. The van der Waals surface area contributed by atoms with Crippen molar-refractivity contribution in [1.29, 1.82) is 0 Å². The van der Waals surface area contributed by atoms with Crippen molar-refractivity contribution in [3.63, 3.8) is 0 Å². The van der Waals surface area contributed by atoms with Gasteiger partial charge in [0.15, 0.2) is 0 Å². The van der Waals surface area contributed by atoms with Crippen LogP contribution >= 0.6 is 0 Å². The molecule has 0 aliphatic heterocycles. The van der Waals surface area contributed by atoms with Gasteiger partial charge in [-0.2, -0.15) is 15.4 Å². The molecular weight excluding hydrogens is 376 g/mol. The second kappa shape index (κ2) is 9.33. The van der Waals surface area contributed by atoms with Gasteiger partial charge in [0.2, 0.25) is 0 Å². The van der Waals surface area contributed by atoms with E-state index in [0.717, 1.165) is 22.2 Å². The Kier molecular flexibility index (Phi) is 6.15. The quantitative estimate of drug-likeness (QED) is 0.448. The minimum atomic E-state index is -0.612. The van der Waals surface area contributed by atoms with E-state index in [1.165, 1.54) is 0 Å². The second-order valence-corrected chi connectivity index (χ2v) is 7.07. The second-order valence-electron chi connectivity index (χ2n) is 7.07. The summed E-state index contributed by atoms with van der Waals surface area (Å²) in [5, 5.41) is 11.2. The number of nitrogens with one attached hydrogen (secondary N) is 1. The summed E-state index contributed by atoms with van der Waals surface area (Å²) in [6, 6.07) is 25.4. The van der Waals surface area contributed by atoms with Crippen LogP contribution in [0.3, 0.4) is 0 Å². The molecule has 0 fully saturated rings. The molecule has 0 aliphatic carbocycles. The number of nitrogens with zero attached hydrogens (tertiary/aromatic N) is 3.